The molecule has 2 heterocycles. The van der Waals surface area contributed by atoms with Crippen LogP contribution < -0.4 is 0 Å². The normalized spacial score (nSPS) is 15.3. The molecule has 0 amide bonds. The Bertz CT molecular complexity index is 824. The van der Waals surface area contributed by atoms with Crippen LogP contribution in [-0.4, -0.2) is 16.4 Å². The first-order valence-electron chi connectivity index (χ1n) is 8.44. The summed E-state index contributed by atoms with van der Waals surface area (Å²) in [6, 6.07) is 19.3. The van der Waals surface area contributed by atoms with Crippen LogP contribution in [-0.2, 0) is 19.5 Å². The van der Waals surface area contributed by atoms with Gasteiger partial charge in [-0.1, -0.05) is 48.5 Å². The van der Waals surface area contributed by atoms with Crippen LogP contribution in [0, 0.1) is 6.92 Å². The summed E-state index contributed by atoms with van der Waals surface area (Å²) < 4.78 is 0. The monoisotopic (exact) mass is 302 g/mol. The van der Waals surface area contributed by atoms with Crippen LogP contribution in [0.3, 0.4) is 0 Å². The lowest BCUT2D eigenvalue weighted by molar-refractivity contribution is 0.260. The third-order valence-corrected chi connectivity index (χ3v) is 4.88. The first kappa shape index (κ1) is 14.4. The number of para-hydroxylation sites is 1. The third-order valence-electron chi connectivity index (χ3n) is 4.88. The molecule has 116 valence electrons. The molecule has 0 bridgehead atoms. The van der Waals surface area contributed by atoms with Gasteiger partial charge in [-0.25, -0.2) is 0 Å². The predicted molar refractivity (Wildman–Crippen MR) is 95.4 cm³/mol. The van der Waals surface area contributed by atoms with Crippen LogP contribution in [0.5, 0.6) is 0 Å². The van der Waals surface area contributed by atoms with Crippen molar-refractivity contribution in [3.05, 3.63) is 77.0 Å². The number of aromatic nitrogens is 1. The van der Waals surface area contributed by atoms with Gasteiger partial charge in [0.15, 0.2) is 0 Å². The van der Waals surface area contributed by atoms with Gasteiger partial charge < -0.3 is 0 Å². The number of aryl methyl sites for hydroxylation is 2. The minimum atomic E-state index is 1.01. The van der Waals surface area contributed by atoms with Gasteiger partial charge in [-0.3, -0.25) is 9.88 Å². The van der Waals surface area contributed by atoms with E-state index in [1.165, 1.54) is 34.2 Å². The Balaban J connectivity index is 1.69. The van der Waals surface area contributed by atoms with Crippen LogP contribution in [0.4, 0.5) is 0 Å². The van der Waals surface area contributed by atoms with Gasteiger partial charge in [-0.05, 0) is 49.1 Å². The van der Waals surface area contributed by atoms with E-state index in [-0.39, 0.29) is 0 Å². The van der Waals surface area contributed by atoms with Crippen LogP contribution in [0.2, 0.25) is 0 Å². The van der Waals surface area contributed by atoms with Crippen molar-refractivity contribution in [2.24, 2.45) is 0 Å². The van der Waals surface area contributed by atoms with Crippen molar-refractivity contribution in [1.29, 1.82) is 0 Å². The van der Waals surface area contributed by atoms with Crippen molar-refractivity contribution in [2.75, 3.05) is 6.54 Å². The summed E-state index contributed by atoms with van der Waals surface area (Å²) in [5, 5.41) is 1.30. The van der Waals surface area contributed by atoms with Crippen molar-refractivity contribution in [3.63, 3.8) is 0 Å². The van der Waals surface area contributed by atoms with Crippen molar-refractivity contribution in [3.8, 4) is 0 Å². The lowest BCUT2D eigenvalue weighted by atomic mass is 10.00. The van der Waals surface area contributed by atoms with E-state index in [1.54, 1.807) is 0 Å². The van der Waals surface area contributed by atoms with E-state index in [4.69, 9.17) is 4.98 Å². The topological polar surface area (TPSA) is 16.1 Å². The molecule has 3 aromatic rings. The standard InChI is InChI=1S/C21H22N2/c1-16-18-10-5-6-11-20(18)22-21-12-7-13-23(15-19(16)21)14-17-8-3-2-4-9-17/h2-6,8-11H,7,12-15H2,1H3. The second-order valence-electron chi connectivity index (χ2n) is 6.48. The maximum Gasteiger partial charge on any atom is 0.0708 e. The number of benzene rings is 2. The quantitative estimate of drug-likeness (QED) is 0.693. The Morgan fingerprint density at radius 2 is 1.78 bits per heavy atom. The molecule has 1 aliphatic rings. The fourth-order valence-corrected chi connectivity index (χ4v) is 3.65. The summed E-state index contributed by atoms with van der Waals surface area (Å²) in [5.74, 6) is 0. The Labute approximate surface area is 137 Å². The summed E-state index contributed by atoms with van der Waals surface area (Å²) in [4.78, 5) is 7.51. The average Bonchev–Trinajstić information content (AvgIpc) is 2.78. The summed E-state index contributed by atoms with van der Waals surface area (Å²) in [6.07, 6.45) is 2.27. The van der Waals surface area contributed by atoms with E-state index < -0.39 is 0 Å². The zero-order valence-electron chi connectivity index (χ0n) is 13.6. The van der Waals surface area contributed by atoms with Crippen molar-refractivity contribution in [1.82, 2.24) is 9.88 Å². The molecule has 0 spiro atoms. The Morgan fingerprint density at radius 3 is 2.65 bits per heavy atom. The lowest BCUT2D eigenvalue weighted by Gasteiger charge is -2.21. The van der Waals surface area contributed by atoms with Crippen LogP contribution in [0.25, 0.3) is 10.9 Å². The van der Waals surface area contributed by atoms with E-state index in [2.05, 4.69) is 66.4 Å². The van der Waals surface area contributed by atoms with E-state index in [0.717, 1.165) is 31.6 Å². The molecule has 2 heteroatoms. The largest absolute Gasteiger partial charge is 0.295 e. The molecule has 0 saturated heterocycles. The molecule has 0 saturated carbocycles. The molecule has 0 fully saturated rings. The highest BCUT2D eigenvalue weighted by molar-refractivity contribution is 5.83. The van der Waals surface area contributed by atoms with Gasteiger partial charge in [-0.2, -0.15) is 0 Å². The zero-order valence-corrected chi connectivity index (χ0v) is 13.6. The fraction of sp³-hybridized carbons (Fsp3) is 0.286. The molecule has 1 aromatic heterocycles. The summed E-state index contributed by atoms with van der Waals surface area (Å²) in [6.45, 7) is 5.43. The average molecular weight is 302 g/mol. The van der Waals surface area contributed by atoms with Gasteiger partial charge in [0.25, 0.3) is 0 Å². The molecule has 0 atom stereocenters. The van der Waals surface area contributed by atoms with E-state index in [1.807, 2.05) is 0 Å². The molecular weight excluding hydrogens is 280 g/mol. The number of hydrogen-bond donors (Lipinski definition) is 0. The summed E-state index contributed by atoms with van der Waals surface area (Å²) in [7, 11) is 0. The SMILES string of the molecule is Cc1c2c(nc3ccccc13)CCCN(Cc1ccccc1)C2. The first-order chi connectivity index (χ1) is 11.3. The first-order valence-corrected chi connectivity index (χ1v) is 8.44. The molecule has 0 unspecified atom stereocenters. The Morgan fingerprint density at radius 1 is 1.00 bits per heavy atom. The minimum absolute atomic E-state index is 1.01. The third kappa shape index (κ3) is 2.87. The van der Waals surface area contributed by atoms with E-state index >= 15 is 0 Å². The highest BCUT2D eigenvalue weighted by Crippen LogP contribution is 2.27. The number of pyridine rings is 1. The van der Waals surface area contributed by atoms with Gasteiger partial charge in [0, 0.05) is 24.2 Å². The van der Waals surface area contributed by atoms with Crippen LogP contribution in [0.15, 0.2) is 54.6 Å². The van der Waals surface area contributed by atoms with Gasteiger partial charge in [0.1, 0.15) is 0 Å². The summed E-state index contributed by atoms with van der Waals surface area (Å²) >= 11 is 0. The predicted octanol–water partition coefficient (Wildman–Crippen LogP) is 4.49. The highest BCUT2D eigenvalue weighted by atomic mass is 15.1. The molecule has 0 aliphatic carbocycles. The Kier molecular flexibility index (Phi) is 3.84. The van der Waals surface area contributed by atoms with Crippen LogP contribution >= 0.6 is 0 Å². The van der Waals surface area contributed by atoms with E-state index in [9.17, 15) is 0 Å². The van der Waals surface area contributed by atoms with Crippen molar-refractivity contribution >= 4 is 10.9 Å². The van der Waals surface area contributed by atoms with Crippen molar-refractivity contribution < 1.29 is 0 Å². The maximum absolute atomic E-state index is 4.95. The van der Waals surface area contributed by atoms with Crippen LogP contribution in [0.1, 0.15) is 28.8 Å². The highest BCUT2D eigenvalue weighted by Gasteiger charge is 2.19. The number of rotatable bonds is 2. The maximum atomic E-state index is 4.95. The summed E-state index contributed by atoms with van der Waals surface area (Å²) in [5.41, 5.74) is 6.68. The van der Waals surface area contributed by atoms with Gasteiger partial charge in [0.05, 0.1) is 5.52 Å². The Hall–Kier alpha value is -2.19. The molecule has 0 radical (unpaired) electrons. The molecule has 0 N–H and O–H groups in total. The molecule has 23 heavy (non-hydrogen) atoms. The second kappa shape index (κ2) is 6.13. The zero-order chi connectivity index (χ0) is 15.6. The minimum Gasteiger partial charge on any atom is -0.295 e. The number of fused-ring (bicyclic) bond motifs is 2. The smallest absolute Gasteiger partial charge is 0.0708 e. The fourth-order valence-electron chi connectivity index (χ4n) is 3.65. The molecule has 2 aromatic carbocycles. The molecular formula is C21H22N2. The number of nitrogens with zero attached hydrogens (tertiary/aromatic N) is 2. The molecule has 4 rings (SSSR count). The van der Waals surface area contributed by atoms with Crippen molar-refractivity contribution in [2.45, 2.75) is 32.9 Å². The van der Waals surface area contributed by atoms with Gasteiger partial charge in [-0.15, -0.1) is 0 Å². The van der Waals surface area contributed by atoms with Gasteiger partial charge >= 0.3 is 0 Å². The molecule has 1 aliphatic heterocycles. The van der Waals surface area contributed by atoms with E-state index in [0.29, 0.717) is 0 Å². The second-order valence-corrected chi connectivity index (χ2v) is 6.48. The molecule has 2 nitrogen and oxygen atoms in total. The lowest BCUT2D eigenvalue weighted by Crippen LogP contribution is -2.23. The number of hydrogen-bond acceptors (Lipinski definition) is 2. The van der Waals surface area contributed by atoms with Gasteiger partial charge in [0.2, 0.25) is 0 Å².